The van der Waals surface area contributed by atoms with Gasteiger partial charge in [-0.3, -0.25) is 0 Å². The van der Waals surface area contributed by atoms with Crippen molar-refractivity contribution in [3.05, 3.63) is 63.4 Å². The zero-order chi connectivity index (χ0) is 13.0. The molecule has 0 unspecified atom stereocenters. The van der Waals surface area contributed by atoms with Gasteiger partial charge in [-0.05, 0) is 63.1 Å². The standard InChI is InChI=1S/C17H12O2/c18-12-3-6-14-10(7-12)1-5-16-15(14)4-2-11-8-13(19)9-17(11)16/h1-5,7-9,18-19H,6H2. The lowest BCUT2D eigenvalue weighted by Gasteiger charge is -2.11. The second-order valence-corrected chi connectivity index (χ2v) is 4.99. The summed E-state index contributed by atoms with van der Waals surface area (Å²) in [6, 6.07) is 8.23. The predicted molar refractivity (Wildman–Crippen MR) is 77.1 cm³/mol. The molecular weight excluding hydrogens is 236 g/mol. The maximum atomic E-state index is 9.64. The van der Waals surface area contributed by atoms with Crippen LogP contribution in [0.1, 0.15) is 11.1 Å². The van der Waals surface area contributed by atoms with Crippen molar-refractivity contribution < 1.29 is 10.2 Å². The van der Waals surface area contributed by atoms with Gasteiger partial charge in [-0.15, -0.1) is 0 Å². The Morgan fingerprint density at radius 2 is 1.47 bits per heavy atom. The lowest BCUT2D eigenvalue weighted by molar-refractivity contribution is 0.438. The Morgan fingerprint density at radius 3 is 2.37 bits per heavy atom. The normalized spacial score (nSPS) is 16.0. The van der Waals surface area contributed by atoms with E-state index in [1.54, 1.807) is 12.2 Å². The molecule has 2 N–H and O–H groups in total. The van der Waals surface area contributed by atoms with Crippen molar-refractivity contribution >= 4 is 29.0 Å². The highest BCUT2D eigenvalue weighted by atomic mass is 16.3. The van der Waals surface area contributed by atoms with Crippen LogP contribution in [-0.2, 0) is 6.42 Å². The summed E-state index contributed by atoms with van der Waals surface area (Å²) in [5.41, 5.74) is 2.31. The first-order valence-electron chi connectivity index (χ1n) is 6.30. The molecule has 0 fully saturated rings. The second kappa shape index (κ2) is 3.51. The molecule has 0 saturated carbocycles. The molecule has 0 radical (unpaired) electrons. The molecule has 19 heavy (non-hydrogen) atoms. The van der Waals surface area contributed by atoms with E-state index >= 15 is 0 Å². The highest BCUT2D eigenvalue weighted by Crippen LogP contribution is 2.24. The lowest BCUT2D eigenvalue weighted by atomic mass is 9.94. The summed E-state index contributed by atoms with van der Waals surface area (Å²) in [6.07, 6.45) is 7.96. The third-order valence-corrected chi connectivity index (χ3v) is 3.84. The van der Waals surface area contributed by atoms with Crippen molar-refractivity contribution in [1.82, 2.24) is 0 Å². The monoisotopic (exact) mass is 248 g/mol. The van der Waals surface area contributed by atoms with Gasteiger partial charge in [-0.1, -0.05) is 24.3 Å². The fraction of sp³-hybridized carbons (Fsp3) is 0.0588. The van der Waals surface area contributed by atoms with Crippen LogP contribution in [0.5, 0.6) is 0 Å². The summed E-state index contributed by atoms with van der Waals surface area (Å²) in [7, 11) is 0. The summed E-state index contributed by atoms with van der Waals surface area (Å²) >= 11 is 0. The van der Waals surface area contributed by atoms with E-state index in [1.807, 2.05) is 24.3 Å². The SMILES string of the molecule is OC1=CCc2c(ccc3c4c(ccc23)=CC(O)=C4)=C1. The molecule has 0 heterocycles. The van der Waals surface area contributed by atoms with Gasteiger partial charge < -0.3 is 10.2 Å². The minimum atomic E-state index is 0.310. The summed E-state index contributed by atoms with van der Waals surface area (Å²) in [6.45, 7) is 0. The largest absolute Gasteiger partial charge is 0.508 e. The molecule has 2 aromatic carbocycles. The Bertz CT molecular complexity index is 899. The Hall–Kier alpha value is -2.48. The van der Waals surface area contributed by atoms with Crippen LogP contribution >= 0.6 is 0 Å². The summed E-state index contributed by atoms with van der Waals surface area (Å²) in [5.74, 6) is 0.642. The average molecular weight is 248 g/mol. The molecule has 0 aliphatic heterocycles. The van der Waals surface area contributed by atoms with Crippen LogP contribution in [0.4, 0.5) is 0 Å². The van der Waals surface area contributed by atoms with Gasteiger partial charge in [-0.2, -0.15) is 0 Å². The number of benzene rings is 2. The molecule has 0 spiro atoms. The van der Waals surface area contributed by atoms with Crippen LogP contribution < -0.4 is 10.4 Å². The van der Waals surface area contributed by atoms with Gasteiger partial charge in [0.15, 0.2) is 0 Å². The van der Waals surface area contributed by atoms with Crippen molar-refractivity contribution in [2.75, 3.05) is 0 Å². The van der Waals surface area contributed by atoms with Gasteiger partial charge in [0, 0.05) is 0 Å². The Morgan fingerprint density at radius 1 is 0.737 bits per heavy atom. The first-order chi connectivity index (χ1) is 9.22. The molecule has 0 aromatic heterocycles. The molecule has 2 aromatic rings. The number of rotatable bonds is 0. The van der Waals surface area contributed by atoms with Crippen LogP contribution in [0.15, 0.2) is 41.9 Å². The Labute approximate surface area is 109 Å². The fourth-order valence-corrected chi connectivity index (χ4v) is 2.95. The average Bonchev–Trinajstić information content (AvgIpc) is 2.78. The van der Waals surface area contributed by atoms with Gasteiger partial charge >= 0.3 is 0 Å². The number of aliphatic hydroxyl groups excluding tert-OH is 2. The van der Waals surface area contributed by atoms with Gasteiger partial charge in [0.25, 0.3) is 0 Å². The maximum absolute atomic E-state index is 9.64. The highest BCUT2D eigenvalue weighted by Gasteiger charge is 2.12. The predicted octanol–water partition coefficient (Wildman–Crippen LogP) is 2.31. The van der Waals surface area contributed by atoms with Crippen LogP contribution in [0.3, 0.4) is 0 Å². The van der Waals surface area contributed by atoms with E-state index in [0.717, 1.165) is 27.8 Å². The third-order valence-electron chi connectivity index (χ3n) is 3.84. The number of aliphatic hydroxyl groups is 2. The number of allylic oxidation sites excluding steroid dienone is 3. The quantitative estimate of drug-likeness (QED) is 0.751. The zero-order valence-corrected chi connectivity index (χ0v) is 10.2. The molecule has 0 bridgehead atoms. The van der Waals surface area contributed by atoms with Crippen molar-refractivity contribution in [1.29, 1.82) is 0 Å². The van der Waals surface area contributed by atoms with Crippen LogP contribution in [-0.4, -0.2) is 10.2 Å². The molecular formula is C17H12O2. The number of hydrogen-bond donors (Lipinski definition) is 2. The molecule has 92 valence electrons. The smallest absolute Gasteiger partial charge is 0.116 e. The first-order valence-corrected chi connectivity index (χ1v) is 6.30. The first kappa shape index (κ1) is 10.4. The number of hydrogen-bond acceptors (Lipinski definition) is 2. The van der Waals surface area contributed by atoms with E-state index in [4.69, 9.17) is 0 Å². The summed E-state index contributed by atoms with van der Waals surface area (Å²) in [4.78, 5) is 0. The minimum Gasteiger partial charge on any atom is -0.508 e. The highest BCUT2D eigenvalue weighted by molar-refractivity contribution is 5.96. The van der Waals surface area contributed by atoms with E-state index < -0.39 is 0 Å². The van der Waals surface area contributed by atoms with E-state index in [9.17, 15) is 10.2 Å². The Kier molecular flexibility index (Phi) is 1.93. The fourth-order valence-electron chi connectivity index (χ4n) is 2.95. The molecule has 2 aliphatic carbocycles. The van der Waals surface area contributed by atoms with E-state index in [1.165, 1.54) is 10.9 Å². The van der Waals surface area contributed by atoms with Crippen molar-refractivity contribution in [3.8, 4) is 0 Å². The van der Waals surface area contributed by atoms with Gasteiger partial charge in [0.2, 0.25) is 0 Å². The summed E-state index contributed by atoms with van der Waals surface area (Å²) < 4.78 is 0. The van der Waals surface area contributed by atoms with Crippen LogP contribution in [0, 0.1) is 0 Å². The zero-order valence-electron chi connectivity index (χ0n) is 10.2. The molecule has 0 amide bonds. The molecule has 2 heteroatoms. The van der Waals surface area contributed by atoms with E-state index in [0.29, 0.717) is 11.5 Å². The van der Waals surface area contributed by atoms with Gasteiger partial charge in [0.1, 0.15) is 11.5 Å². The Balaban J connectivity index is 2.14. The van der Waals surface area contributed by atoms with Crippen molar-refractivity contribution in [2.45, 2.75) is 6.42 Å². The molecule has 0 atom stereocenters. The van der Waals surface area contributed by atoms with E-state index in [-0.39, 0.29) is 0 Å². The van der Waals surface area contributed by atoms with E-state index in [2.05, 4.69) is 12.1 Å². The molecule has 2 aliphatic rings. The third kappa shape index (κ3) is 1.43. The van der Waals surface area contributed by atoms with Gasteiger partial charge in [0.05, 0.1) is 0 Å². The second-order valence-electron chi connectivity index (χ2n) is 4.99. The number of fused-ring (bicyclic) bond motifs is 5. The maximum Gasteiger partial charge on any atom is 0.116 e. The van der Waals surface area contributed by atoms with Crippen molar-refractivity contribution in [3.63, 3.8) is 0 Å². The molecule has 4 rings (SSSR count). The van der Waals surface area contributed by atoms with Crippen molar-refractivity contribution in [2.24, 2.45) is 0 Å². The van der Waals surface area contributed by atoms with Gasteiger partial charge in [-0.25, -0.2) is 0 Å². The summed E-state index contributed by atoms with van der Waals surface area (Å²) in [5, 5.41) is 23.7. The lowest BCUT2D eigenvalue weighted by Crippen LogP contribution is -2.14. The van der Waals surface area contributed by atoms with Crippen LogP contribution in [0.25, 0.3) is 29.0 Å². The van der Waals surface area contributed by atoms with Crippen LogP contribution in [0.2, 0.25) is 0 Å². The molecule has 0 saturated heterocycles. The molecule has 2 nitrogen and oxygen atoms in total. The minimum absolute atomic E-state index is 0.310. The topological polar surface area (TPSA) is 40.5 Å².